The van der Waals surface area contributed by atoms with Gasteiger partial charge in [-0.25, -0.2) is 15.0 Å². The minimum atomic E-state index is 0.260. The van der Waals surface area contributed by atoms with Crippen LogP contribution in [0, 0.1) is 11.3 Å². The maximum atomic E-state index is 10.2. The monoisotopic (exact) mass is 467 g/mol. The van der Waals surface area contributed by atoms with Gasteiger partial charge in [-0.05, 0) is 62.9 Å². The van der Waals surface area contributed by atoms with Crippen molar-refractivity contribution in [1.82, 2.24) is 24.8 Å². The number of anilines is 1. The van der Waals surface area contributed by atoms with Crippen LogP contribution in [-0.2, 0) is 6.61 Å². The van der Waals surface area contributed by atoms with E-state index in [-0.39, 0.29) is 6.61 Å². The SMILES string of the molecule is CC(C)NCNc1ccc(-c2c(C#N)c3ccc(OCc4ncncn4)cc3n2C2CCC2)cc1. The number of nitriles is 1. The highest BCUT2D eigenvalue weighted by Crippen LogP contribution is 2.43. The summed E-state index contributed by atoms with van der Waals surface area (Å²) >= 11 is 0. The van der Waals surface area contributed by atoms with Gasteiger partial charge in [-0.1, -0.05) is 12.1 Å². The average Bonchev–Trinajstić information content (AvgIpc) is 3.16. The van der Waals surface area contributed by atoms with Gasteiger partial charge in [0.1, 0.15) is 31.1 Å². The van der Waals surface area contributed by atoms with E-state index in [1.165, 1.54) is 19.1 Å². The predicted octanol–water partition coefficient (Wildman–Crippen LogP) is 5.04. The molecule has 0 atom stereocenters. The summed E-state index contributed by atoms with van der Waals surface area (Å²) in [4.78, 5) is 12.1. The fourth-order valence-corrected chi connectivity index (χ4v) is 4.39. The van der Waals surface area contributed by atoms with Crippen molar-refractivity contribution in [1.29, 1.82) is 5.26 Å². The third-order valence-electron chi connectivity index (χ3n) is 6.40. The summed E-state index contributed by atoms with van der Waals surface area (Å²) in [7, 11) is 0. The van der Waals surface area contributed by atoms with E-state index in [0.29, 0.717) is 30.1 Å². The van der Waals surface area contributed by atoms with Crippen LogP contribution in [-0.4, -0.2) is 32.2 Å². The summed E-state index contributed by atoms with van der Waals surface area (Å²) in [6, 6.07) is 17.6. The zero-order valence-corrected chi connectivity index (χ0v) is 20.0. The molecule has 0 bridgehead atoms. The van der Waals surface area contributed by atoms with Crippen molar-refractivity contribution in [2.45, 2.75) is 51.8 Å². The molecule has 8 heteroatoms. The third kappa shape index (κ3) is 4.81. The Morgan fingerprint density at radius 3 is 2.54 bits per heavy atom. The Balaban J connectivity index is 1.50. The second-order valence-corrected chi connectivity index (χ2v) is 9.10. The van der Waals surface area contributed by atoms with Crippen LogP contribution in [0.2, 0.25) is 0 Å². The molecular weight excluding hydrogens is 438 g/mol. The van der Waals surface area contributed by atoms with E-state index in [9.17, 15) is 5.26 Å². The van der Waals surface area contributed by atoms with E-state index in [2.05, 4.69) is 74.3 Å². The minimum absolute atomic E-state index is 0.260. The number of aromatic nitrogens is 4. The predicted molar refractivity (Wildman–Crippen MR) is 136 cm³/mol. The normalized spacial score (nSPS) is 13.5. The number of ether oxygens (including phenoxy) is 1. The first kappa shape index (κ1) is 22.8. The molecular formula is C27H29N7O. The molecule has 1 saturated carbocycles. The van der Waals surface area contributed by atoms with Gasteiger partial charge in [0.25, 0.3) is 0 Å². The summed E-state index contributed by atoms with van der Waals surface area (Å²) in [5, 5.41) is 17.9. The largest absolute Gasteiger partial charge is 0.486 e. The molecule has 2 aromatic heterocycles. The molecule has 0 aliphatic heterocycles. The van der Waals surface area contributed by atoms with Crippen LogP contribution < -0.4 is 15.4 Å². The van der Waals surface area contributed by atoms with Crippen molar-refractivity contribution < 1.29 is 4.74 Å². The Bertz CT molecular complexity index is 1340. The molecule has 1 fully saturated rings. The lowest BCUT2D eigenvalue weighted by Gasteiger charge is -2.30. The molecule has 178 valence electrons. The van der Waals surface area contributed by atoms with Gasteiger partial charge in [-0.15, -0.1) is 0 Å². The smallest absolute Gasteiger partial charge is 0.169 e. The molecule has 4 aromatic rings. The number of hydrogen-bond donors (Lipinski definition) is 2. The average molecular weight is 468 g/mol. The van der Waals surface area contributed by atoms with Crippen molar-refractivity contribution in [2.75, 3.05) is 12.0 Å². The Hall–Kier alpha value is -3.96. The van der Waals surface area contributed by atoms with Gasteiger partial charge in [-0.2, -0.15) is 5.26 Å². The molecule has 1 aliphatic rings. The molecule has 8 nitrogen and oxygen atoms in total. The van der Waals surface area contributed by atoms with Gasteiger partial charge < -0.3 is 14.6 Å². The fraction of sp³-hybridized carbons (Fsp3) is 0.333. The number of benzene rings is 2. The molecule has 0 spiro atoms. The molecule has 2 N–H and O–H groups in total. The second kappa shape index (κ2) is 10.1. The van der Waals surface area contributed by atoms with Crippen LogP contribution in [0.5, 0.6) is 5.75 Å². The van der Waals surface area contributed by atoms with E-state index >= 15 is 0 Å². The van der Waals surface area contributed by atoms with Gasteiger partial charge in [0.05, 0.1) is 23.4 Å². The van der Waals surface area contributed by atoms with Crippen molar-refractivity contribution in [2.24, 2.45) is 0 Å². The summed E-state index contributed by atoms with van der Waals surface area (Å²) in [5.74, 6) is 1.30. The van der Waals surface area contributed by atoms with Crippen LogP contribution >= 0.6 is 0 Å². The highest BCUT2D eigenvalue weighted by atomic mass is 16.5. The first-order chi connectivity index (χ1) is 17.1. The summed E-state index contributed by atoms with van der Waals surface area (Å²) in [6.07, 6.45) is 6.34. The molecule has 1 aliphatic carbocycles. The Kier molecular flexibility index (Phi) is 6.59. The van der Waals surface area contributed by atoms with Gasteiger partial charge >= 0.3 is 0 Å². The van der Waals surface area contributed by atoms with Gasteiger partial charge in [-0.3, -0.25) is 5.32 Å². The third-order valence-corrected chi connectivity index (χ3v) is 6.40. The quantitative estimate of drug-likeness (QED) is 0.333. The van der Waals surface area contributed by atoms with Gasteiger partial charge in [0, 0.05) is 29.2 Å². The zero-order chi connectivity index (χ0) is 24.2. The maximum absolute atomic E-state index is 10.2. The van der Waals surface area contributed by atoms with Crippen LogP contribution in [0.15, 0.2) is 55.1 Å². The lowest BCUT2D eigenvalue weighted by Crippen LogP contribution is -2.28. The van der Waals surface area contributed by atoms with Crippen LogP contribution in [0.3, 0.4) is 0 Å². The van der Waals surface area contributed by atoms with E-state index in [4.69, 9.17) is 4.74 Å². The highest BCUT2D eigenvalue weighted by Gasteiger charge is 2.28. The first-order valence-corrected chi connectivity index (χ1v) is 12.0. The number of rotatable bonds is 9. The number of nitrogens with one attached hydrogen (secondary N) is 2. The van der Waals surface area contributed by atoms with Gasteiger partial charge in [0.2, 0.25) is 0 Å². The van der Waals surface area contributed by atoms with Crippen molar-refractivity contribution in [3.05, 3.63) is 66.5 Å². The summed E-state index contributed by atoms with van der Waals surface area (Å²) < 4.78 is 8.33. The molecule has 0 amide bonds. The molecule has 0 radical (unpaired) electrons. The Morgan fingerprint density at radius 1 is 1.11 bits per heavy atom. The molecule has 0 unspecified atom stereocenters. The van der Waals surface area contributed by atoms with Crippen molar-refractivity contribution >= 4 is 16.6 Å². The van der Waals surface area contributed by atoms with Crippen LogP contribution in [0.25, 0.3) is 22.2 Å². The Labute approximate surface area is 205 Å². The van der Waals surface area contributed by atoms with E-state index in [1.807, 2.05) is 18.2 Å². The lowest BCUT2D eigenvalue weighted by molar-refractivity contribution is 0.295. The molecule has 35 heavy (non-hydrogen) atoms. The molecule has 2 heterocycles. The highest BCUT2D eigenvalue weighted by molar-refractivity contribution is 5.95. The molecule has 5 rings (SSSR count). The number of fused-ring (bicyclic) bond motifs is 1. The van der Waals surface area contributed by atoms with Crippen molar-refractivity contribution in [3.63, 3.8) is 0 Å². The number of nitrogens with zero attached hydrogens (tertiary/aromatic N) is 5. The van der Waals surface area contributed by atoms with Crippen LogP contribution in [0.4, 0.5) is 5.69 Å². The number of hydrogen-bond acceptors (Lipinski definition) is 7. The Morgan fingerprint density at radius 2 is 1.89 bits per heavy atom. The standard InChI is InChI=1S/C27H29N7O/c1-18(2)30-17-31-20-8-6-19(7-9-20)27-24(13-28)23-11-10-22(35-14-26-32-15-29-16-33-26)12-25(23)34(27)21-4-3-5-21/h6-12,15-16,18,21,30-31H,3-5,14,17H2,1-2H3. The summed E-state index contributed by atoms with van der Waals surface area (Å²) in [6.45, 7) is 5.21. The zero-order valence-electron chi connectivity index (χ0n) is 20.0. The second-order valence-electron chi connectivity index (χ2n) is 9.10. The molecule has 2 aromatic carbocycles. The van der Waals surface area contributed by atoms with E-state index < -0.39 is 0 Å². The van der Waals surface area contributed by atoms with E-state index in [1.54, 1.807) is 0 Å². The minimum Gasteiger partial charge on any atom is -0.486 e. The topological polar surface area (TPSA) is 101 Å². The molecule has 0 saturated heterocycles. The maximum Gasteiger partial charge on any atom is 0.169 e. The van der Waals surface area contributed by atoms with Crippen molar-refractivity contribution in [3.8, 4) is 23.1 Å². The van der Waals surface area contributed by atoms with Crippen LogP contribution in [0.1, 0.15) is 50.5 Å². The summed E-state index contributed by atoms with van der Waals surface area (Å²) in [5.41, 5.74) is 4.80. The lowest BCUT2D eigenvalue weighted by atomic mass is 9.92. The van der Waals surface area contributed by atoms with E-state index in [0.717, 1.165) is 46.4 Å². The van der Waals surface area contributed by atoms with Gasteiger partial charge in [0.15, 0.2) is 5.82 Å². The fourth-order valence-electron chi connectivity index (χ4n) is 4.39. The first-order valence-electron chi connectivity index (χ1n) is 12.0.